The number of likely N-dealkylation sites (tertiary alicyclic amines) is 1. The zero-order valence-corrected chi connectivity index (χ0v) is 17.5. The molecule has 0 spiro atoms. The fourth-order valence-corrected chi connectivity index (χ4v) is 3.78. The number of fused-ring (bicyclic) bond motifs is 1. The van der Waals surface area contributed by atoms with E-state index in [9.17, 15) is 14.4 Å². The normalized spacial score (nSPS) is 17.3. The second-order valence-electron chi connectivity index (χ2n) is 7.16. The second kappa shape index (κ2) is 8.73. The lowest BCUT2D eigenvalue weighted by Crippen LogP contribution is -2.45. The van der Waals surface area contributed by atoms with Crippen molar-refractivity contribution >= 4 is 46.5 Å². The van der Waals surface area contributed by atoms with Crippen molar-refractivity contribution < 1.29 is 23.9 Å². The molecular weight excluding hydrogens is 424 g/mol. The lowest BCUT2D eigenvalue weighted by molar-refractivity contribution is -0.120. The highest BCUT2D eigenvalue weighted by molar-refractivity contribution is 6.34. The second-order valence-corrected chi connectivity index (χ2v) is 7.57. The number of anilines is 3. The summed E-state index contributed by atoms with van der Waals surface area (Å²) in [4.78, 5) is 38.6. The fraction of sp³-hybridized carbons (Fsp3) is 0.286. The molecule has 1 atom stereocenters. The van der Waals surface area contributed by atoms with Crippen molar-refractivity contribution in [2.45, 2.75) is 18.9 Å². The predicted molar refractivity (Wildman–Crippen MR) is 116 cm³/mol. The zero-order chi connectivity index (χ0) is 22.0. The first kappa shape index (κ1) is 20.8. The summed E-state index contributed by atoms with van der Waals surface area (Å²) in [6, 6.07) is 9.00. The van der Waals surface area contributed by atoms with Gasteiger partial charge in [-0.15, -0.1) is 0 Å². The van der Waals surface area contributed by atoms with E-state index in [1.807, 2.05) is 0 Å². The van der Waals surface area contributed by atoms with Crippen LogP contribution in [0.2, 0.25) is 5.02 Å². The van der Waals surface area contributed by atoms with Gasteiger partial charge in [-0.1, -0.05) is 11.6 Å². The summed E-state index contributed by atoms with van der Waals surface area (Å²) in [7, 11) is 1.57. The molecule has 0 radical (unpaired) electrons. The first-order valence-corrected chi connectivity index (χ1v) is 10.1. The van der Waals surface area contributed by atoms with Crippen LogP contribution < -0.4 is 25.4 Å². The Hall–Kier alpha value is -3.46. The van der Waals surface area contributed by atoms with Crippen LogP contribution in [0.4, 0.5) is 21.9 Å². The number of carbonyl (C=O) groups excluding carboxylic acids is 3. The molecule has 0 aromatic heterocycles. The number of hydrogen-bond donors (Lipinski definition) is 3. The van der Waals surface area contributed by atoms with Gasteiger partial charge in [-0.2, -0.15) is 0 Å². The molecule has 0 bridgehead atoms. The molecule has 1 fully saturated rings. The molecule has 10 heteroatoms. The molecular formula is C21H21ClN4O5. The maximum atomic E-state index is 12.9. The summed E-state index contributed by atoms with van der Waals surface area (Å²) < 4.78 is 10.5. The van der Waals surface area contributed by atoms with Gasteiger partial charge in [0.1, 0.15) is 17.5 Å². The van der Waals surface area contributed by atoms with Crippen LogP contribution in [0.3, 0.4) is 0 Å². The molecule has 4 amide bonds. The number of methoxy groups -OCH3 is 1. The molecule has 3 N–H and O–H groups in total. The van der Waals surface area contributed by atoms with Gasteiger partial charge in [0.05, 0.1) is 23.5 Å². The number of nitrogens with one attached hydrogen (secondary N) is 3. The lowest BCUT2D eigenvalue weighted by atomic mass is 10.2. The van der Waals surface area contributed by atoms with E-state index in [0.29, 0.717) is 47.9 Å². The van der Waals surface area contributed by atoms with E-state index in [0.717, 1.165) is 0 Å². The minimum atomic E-state index is -0.603. The Kier molecular flexibility index (Phi) is 5.85. The average Bonchev–Trinajstić information content (AvgIpc) is 3.25. The maximum Gasteiger partial charge on any atom is 0.322 e. The number of nitrogens with zero attached hydrogens (tertiary/aromatic N) is 1. The first-order valence-electron chi connectivity index (χ1n) is 9.73. The molecule has 2 aliphatic heterocycles. The molecule has 2 aromatic rings. The monoisotopic (exact) mass is 444 g/mol. The predicted octanol–water partition coefficient (Wildman–Crippen LogP) is 3.31. The van der Waals surface area contributed by atoms with E-state index in [-0.39, 0.29) is 23.4 Å². The number of carbonyl (C=O) groups is 3. The van der Waals surface area contributed by atoms with Crippen molar-refractivity contribution in [1.29, 1.82) is 0 Å². The Bertz CT molecular complexity index is 1030. The molecule has 2 aromatic carbocycles. The van der Waals surface area contributed by atoms with Gasteiger partial charge in [0.2, 0.25) is 5.91 Å². The quantitative estimate of drug-likeness (QED) is 0.670. The third-order valence-electron chi connectivity index (χ3n) is 5.12. The van der Waals surface area contributed by atoms with E-state index in [1.54, 1.807) is 37.4 Å². The smallest absolute Gasteiger partial charge is 0.322 e. The highest BCUT2D eigenvalue weighted by Crippen LogP contribution is 2.36. The molecule has 9 nitrogen and oxygen atoms in total. The van der Waals surface area contributed by atoms with E-state index in [4.69, 9.17) is 21.1 Å². The highest BCUT2D eigenvalue weighted by atomic mass is 35.5. The van der Waals surface area contributed by atoms with Crippen LogP contribution in [0.1, 0.15) is 12.8 Å². The molecule has 2 aliphatic rings. The number of rotatable bonds is 4. The largest absolute Gasteiger partial charge is 0.497 e. The number of urea groups is 1. The molecule has 1 saturated heterocycles. The third-order valence-corrected chi connectivity index (χ3v) is 5.43. The molecule has 0 saturated carbocycles. The van der Waals surface area contributed by atoms with Gasteiger partial charge in [0, 0.05) is 18.3 Å². The van der Waals surface area contributed by atoms with E-state index >= 15 is 0 Å². The van der Waals surface area contributed by atoms with Gasteiger partial charge < -0.3 is 30.3 Å². The van der Waals surface area contributed by atoms with Crippen LogP contribution in [0.25, 0.3) is 0 Å². The molecule has 2 heterocycles. The molecule has 0 aliphatic carbocycles. The standard InChI is InChI=1S/C21H21ClN4O5/c1-30-13-6-4-12(5-7-13)23-20(28)17-3-2-8-26(17)21(29)25-15-10-18-16(9-14(15)22)24-19(27)11-31-18/h4-7,9-10,17H,2-3,8,11H2,1H3,(H,23,28)(H,24,27)(H,25,29). The van der Waals surface area contributed by atoms with Crippen molar-refractivity contribution in [3.63, 3.8) is 0 Å². The minimum absolute atomic E-state index is 0.109. The van der Waals surface area contributed by atoms with Crippen LogP contribution in [-0.4, -0.2) is 49.0 Å². The van der Waals surface area contributed by atoms with Gasteiger partial charge in [-0.25, -0.2) is 4.79 Å². The third kappa shape index (κ3) is 4.51. The van der Waals surface area contributed by atoms with Crippen molar-refractivity contribution in [3.05, 3.63) is 41.4 Å². The van der Waals surface area contributed by atoms with Crippen molar-refractivity contribution in [2.75, 3.05) is 36.2 Å². The summed E-state index contributed by atoms with van der Waals surface area (Å²) in [5.74, 6) is 0.559. The average molecular weight is 445 g/mol. The number of hydrogen-bond acceptors (Lipinski definition) is 5. The number of benzene rings is 2. The van der Waals surface area contributed by atoms with Crippen LogP contribution >= 0.6 is 11.6 Å². The van der Waals surface area contributed by atoms with E-state index in [1.165, 1.54) is 11.0 Å². The number of halogens is 1. The summed E-state index contributed by atoms with van der Waals surface area (Å²) in [5, 5.41) is 8.48. The van der Waals surface area contributed by atoms with Gasteiger partial charge in [0.15, 0.2) is 6.61 Å². The van der Waals surface area contributed by atoms with Gasteiger partial charge in [-0.3, -0.25) is 9.59 Å². The van der Waals surface area contributed by atoms with Crippen molar-refractivity contribution in [2.24, 2.45) is 0 Å². The fourth-order valence-electron chi connectivity index (χ4n) is 3.57. The van der Waals surface area contributed by atoms with Gasteiger partial charge in [0.25, 0.3) is 5.91 Å². The topological polar surface area (TPSA) is 109 Å². The SMILES string of the molecule is COc1ccc(NC(=O)C2CCCN2C(=O)Nc2cc3c(cc2Cl)NC(=O)CO3)cc1. The Labute approximate surface area is 183 Å². The number of amides is 4. The Balaban J connectivity index is 1.44. The summed E-state index contributed by atoms with van der Waals surface area (Å²) in [5.41, 5.74) is 1.40. The number of ether oxygens (including phenoxy) is 2. The van der Waals surface area contributed by atoms with E-state index < -0.39 is 12.1 Å². The molecule has 1 unspecified atom stereocenters. The maximum absolute atomic E-state index is 12.9. The highest BCUT2D eigenvalue weighted by Gasteiger charge is 2.34. The summed E-state index contributed by atoms with van der Waals surface area (Å²) in [6.07, 6.45) is 1.27. The Morgan fingerprint density at radius 2 is 2.00 bits per heavy atom. The van der Waals surface area contributed by atoms with E-state index in [2.05, 4.69) is 16.0 Å². The zero-order valence-electron chi connectivity index (χ0n) is 16.7. The van der Waals surface area contributed by atoms with Crippen LogP contribution in [-0.2, 0) is 9.59 Å². The van der Waals surface area contributed by atoms with Gasteiger partial charge >= 0.3 is 6.03 Å². The Morgan fingerprint density at radius 3 is 2.74 bits per heavy atom. The Morgan fingerprint density at radius 1 is 1.23 bits per heavy atom. The van der Waals surface area contributed by atoms with Crippen LogP contribution in [0.15, 0.2) is 36.4 Å². The molecule has 162 valence electrons. The van der Waals surface area contributed by atoms with Gasteiger partial charge in [-0.05, 0) is 43.2 Å². The summed E-state index contributed by atoms with van der Waals surface area (Å²) in [6.45, 7) is 0.337. The van der Waals surface area contributed by atoms with Crippen LogP contribution in [0, 0.1) is 0 Å². The van der Waals surface area contributed by atoms with Crippen molar-refractivity contribution in [1.82, 2.24) is 4.90 Å². The molecule has 31 heavy (non-hydrogen) atoms. The lowest BCUT2D eigenvalue weighted by Gasteiger charge is -2.25. The van der Waals surface area contributed by atoms with Crippen LogP contribution in [0.5, 0.6) is 11.5 Å². The first-order chi connectivity index (χ1) is 14.9. The minimum Gasteiger partial charge on any atom is -0.497 e. The van der Waals surface area contributed by atoms with Crippen molar-refractivity contribution in [3.8, 4) is 11.5 Å². The molecule has 4 rings (SSSR count). The summed E-state index contributed by atoms with van der Waals surface area (Å²) >= 11 is 6.26.